The average molecular weight is 487 g/mol. The third kappa shape index (κ3) is 3.90. The fourth-order valence-corrected chi connectivity index (χ4v) is 5.91. The van der Waals surface area contributed by atoms with Gasteiger partial charge in [0.1, 0.15) is 5.52 Å². The highest BCUT2D eigenvalue weighted by atomic mass is 32.2. The molecule has 2 aliphatic heterocycles. The van der Waals surface area contributed by atoms with E-state index < -0.39 is 10.0 Å². The minimum Gasteiger partial charge on any atom is -0.354 e. The lowest BCUT2D eigenvalue weighted by Crippen LogP contribution is -2.40. The van der Waals surface area contributed by atoms with E-state index in [4.69, 9.17) is 4.98 Å². The fraction of sp³-hybridized carbons (Fsp3) is 0.269. The van der Waals surface area contributed by atoms with Crippen LogP contribution in [0.2, 0.25) is 0 Å². The molecule has 178 valence electrons. The van der Waals surface area contributed by atoms with Gasteiger partial charge in [-0.3, -0.25) is 9.97 Å². The van der Waals surface area contributed by atoms with Crippen LogP contribution < -0.4 is 9.80 Å². The molecule has 9 heteroatoms. The van der Waals surface area contributed by atoms with E-state index in [1.807, 2.05) is 74.0 Å². The smallest absolute Gasteiger partial charge is 0.211 e. The summed E-state index contributed by atoms with van der Waals surface area (Å²) in [6.07, 6.45) is 5.81. The van der Waals surface area contributed by atoms with Crippen molar-refractivity contribution >= 4 is 32.4 Å². The molecule has 0 N–H and O–H groups in total. The molecule has 1 saturated heterocycles. The predicted octanol–water partition coefficient (Wildman–Crippen LogP) is 3.61. The van der Waals surface area contributed by atoms with Gasteiger partial charge in [-0.05, 0) is 30.7 Å². The molecular formula is C26H26N6O2S. The molecule has 3 aromatic heterocycles. The highest BCUT2D eigenvalue weighted by Crippen LogP contribution is 2.42. The van der Waals surface area contributed by atoms with Crippen LogP contribution in [0.5, 0.6) is 0 Å². The molecule has 6 rings (SSSR count). The second kappa shape index (κ2) is 8.28. The lowest BCUT2D eigenvalue weighted by atomic mass is 10.1. The topological polar surface area (TPSA) is 82.5 Å². The first-order chi connectivity index (χ1) is 16.9. The number of rotatable bonds is 4. The van der Waals surface area contributed by atoms with Gasteiger partial charge in [0.25, 0.3) is 0 Å². The fourth-order valence-electron chi connectivity index (χ4n) is 5.03. The molecule has 35 heavy (non-hydrogen) atoms. The van der Waals surface area contributed by atoms with Crippen LogP contribution in [0.4, 0.5) is 11.4 Å². The van der Waals surface area contributed by atoms with Crippen LogP contribution in [0.1, 0.15) is 6.42 Å². The van der Waals surface area contributed by atoms with Crippen molar-refractivity contribution in [1.29, 1.82) is 0 Å². The van der Waals surface area contributed by atoms with Gasteiger partial charge in [-0.1, -0.05) is 30.3 Å². The summed E-state index contributed by atoms with van der Waals surface area (Å²) in [6.45, 7) is 1.71. The van der Waals surface area contributed by atoms with Gasteiger partial charge in [0.05, 0.1) is 47.4 Å². The molecule has 0 aliphatic carbocycles. The van der Waals surface area contributed by atoms with Gasteiger partial charge < -0.3 is 9.80 Å². The SMILES string of the molecule is CN1CN([C@H]2CCN(S(C)(=O)=O)C2)c2c1cnc1ccc(-c3ccc(-c4ccccc4)nc3)nc21. The number of nitrogens with zero attached hydrogens (tertiary/aromatic N) is 6. The Morgan fingerprint density at radius 2 is 1.71 bits per heavy atom. The zero-order chi connectivity index (χ0) is 24.2. The third-order valence-electron chi connectivity index (χ3n) is 6.89. The van der Waals surface area contributed by atoms with Crippen molar-refractivity contribution in [2.24, 2.45) is 0 Å². The summed E-state index contributed by atoms with van der Waals surface area (Å²) in [5, 5.41) is 0. The van der Waals surface area contributed by atoms with Crippen LogP contribution in [0.25, 0.3) is 33.5 Å². The first kappa shape index (κ1) is 21.9. The molecule has 0 unspecified atom stereocenters. The molecule has 1 aromatic carbocycles. The maximum absolute atomic E-state index is 12.1. The third-order valence-corrected chi connectivity index (χ3v) is 8.16. The second-order valence-corrected chi connectivity index (χ2v) is 11.2. The van der Waals surface area contributed by atoms with Crippen molar-refractivity contribution in [3.63, 3.8) is 0 Å². The summed E-state index contributed by atoms with van der Waals surface area (Å²) < 4.78 is 25.8. The number of aromatic nitrogens is 3. The van der Waals surface area contributed by atoms with Gasteiger partial charge in [0, 0.05) is 43.5 Å². The van der Waals surface area contributed by atoms with Gasteiger partial charge in [-0.2, -0.15) is 0 Å². The van der Waals surface area contributed by atoms with Crippen molar-refractivity contribution in [2.75, 3.05) is 42.9 Å². The van der Waals surface area contributed by atoms with Crippen molar-refractivity contribution < 1.29 is 8.42 Å². The standard InChI is InChI=1S/C26H26N6O2S/c1-30-17-32(20-12-13-31(16-20)35(2,33)34)26-24(30)15-28-23-11-10-22(29-25(23)26)19-8-9-21(27-14-19)18-6-4-3-5-7-18/h3-11,14-15,20H,12-13,16-17H2,1-2H3/t20-/m0/s1. The Hall–Kier alpha value is -3.56. The van der Waals surface area contributed by atoms with Crippen molar-refractivity contribution in [3.05, 3.63) is 67.0 Å². The molecule has 0 spiro atoms. The Balaban J connectivity index is 1.38. The molecule has 2 aliphatic rings. The second-order valence-electron chi connectivity index (χ2n) is 9.23. The van der Waals surface area contributed by atoms with E-state index in [1.54, 1.807) is 4.31 Å². The lowest BCUT2D eigenvalue weighted by molar-refractivity contribution is 0.475. The molecule has 0 radical (unpaired) electrons. The summed E-state index contributed by atoms with van der Waals surface area (Å²) >= 11 is 0. The number of hydrogen-bond donors (Lipinski definition) is 0. The number of fused-ring (bicyclic) bond motifs is 3. The van der Waals surface area contributed by atoms with Crippen LogP contribution in [0, 0.1) is 0 Å². The van der Waals surface area contributed by atoms with E-state index in [2.05, 4.69) is 19.8 Å². The molecule has 4 aromatic rings. The van der Waals surface area contributed by atoms with Gasteiger partial charge in [-0.15, -0.1) is 0 Å². The van der Waals surface area contributed by atoms with Gasteiger partial charge in [0.15, 0.2) is 0 Å². The largest absolute Gasteiger partial charge is 0.354 e. The summed E-state index contributed by atoms with van der Waals surface area (Å²) in [6, 6.07) is 18.2. The van der Waals surface area contributed by atoms with Crippen LogP contribution in [0.3, 0.4) is 0 Å². The zero-order valence-electron chi connectivity index (χ0n) is 19.7. The molecule has 0 saturated carbocycles. The van der Waals surface area contributed by atoms with Gasteiger partial charge in [-0.25, -0.2) is 17.7 Å². The minimum absolute atomic E-state index is 0.0938. The molecule has 1 fully saturated rings. The predicted molar refractivity (Wildman–Crippen MR) is 139 cm³/mol. The molecule has 0 bridgehead atoms. The van der Waals surface area contributed by atoms with E-state index in [9.17, 15) is 8.42 Å². The average Bonchev–Trinajstić information content (AvgIpc) is 3.50. The number of anilines is 2. The monoisotopic (exact) mass is 486 g/mol. The van der Waals surface area contributed by atoms with Crippen molar-refractivity contribution in [3.8, 4) is 22.5 Å². The number of sulfonamides is 1. The maximum atomic E-state index is 12.1. The highest BCUT2D eigenvalue weighted by Gasteiger charge is 2.38. The molecular weight excluding hydrogens is 460 g/mol. The van der Waals surface area contributed by atoms with E-state index in [0.717, 1.165) is 51.3 Å². The Labute approximate surface area is 204 Å². The van der Waals surface area contributed by atoms with E-state index in [1.165, 1.54) is 6.26 Å². The molecule has 8 nitrogen and oxygen atoms in total. The van der Waals surface area contributed by atoms with E-state index >= 15 is 0 Å². The number of benzene rings is 1. The van der Waals surface area contributed by atoms with Crippen LogP contribution in [-0.2, 0) is 10.0 Å². The number of hydrogen-bond acceptors (Lipinski definition) is 7. The highest BCUT2D eigenvalue weighted by molar-refractivity contribution is 7.88. The van der Waals surface area contributed by atoms with Crippen LogP contribution in [-0.4, -0.2) is 66.8 Å². The Morgan fingerprint density at radius 1 is 0.914 bits per heavy atom. The number of pyridine rings is 3. The summed E-state index contributed by atoms with van der Waals surface area (Å²) in [5.41, 5.74) is 7.44. The van der Waals surface area contributed by atoms with E-state index in [0.29, 0.717) is 19.8 Å². The lowest BCUT2D eigenvalue weighted by Gasteiger charge is -2.27. The Kier molecular flexibility index (Phi) is 5.19. The van der Waals surface area contributed by atoms with Crippen LogP contribution in [0.15, 0.2) is 67.0 Å². The normalized spacial score (nSPS) is 18.4. The molecule has 5 heterocycles. The minimum atomic E-state index is -3.21. The van der Waals surface area contributed by atoms with Gasteiger partial charge >= 0.3 is 0 Å². The first-order valence-electron chi connectivity index (χ1n) is 11.6. The summed E-state index contributed by atoms with van der Waals surface area (Å²) in [7, 11) is -1.17. The quantitative estimate of drug-likeness (QED) is 0.436. The maximum Gasteiger partial charge on any atom is 0.211 e. The summed E-state index contributed by atoms with van der Waals surface area (Å²) in [4.78, 5) is 18.8. The first-order valence-corrected chi connectivity index (χ1v) is 13.5. The molecule has 0 amide bonds. The van der Waals surface area contributed by atoms with E-state index in [-0.39, 0.29) is 6.04 Å². The van der Waals surface area contributed by atoms with Crippen molar-refractivity contribution in [2.45, 2.75) is 12.5 Å². The van der Waals surface area contributed by atoms with Crippen LogP contribution >= 0.6 is 0 Å². The van der Waals surface area contributed by atoms with Gasteiger partial charge in [0.2, 0.25) is 10.0 Å². The van der Waals surface area contributed by atoms with Crippen molar-refractivity contribution in [1.82, 2.24) is 19.3 Å². The summed E-state index contributed by atoms with van der Waals surface area (Å²) in [5.74, 6) is 0. The Morgan fingerprint density at radius 3 is 2.43 bits per heavy atom. The molecule has 1 atom stereocenters. The Bertz CT molecular complexity index is 1510. The zero-order valence-corrected chi connectivity index (χ0v) is 20.5.